The van der Waals surface area contributed by atoms with Gasteiger partial charge in [0.1, 0.15) is 6.61 Å². The first-order valence-electron chi connectivity index (χ1n) is 10.2. The van der Waals surface area contributed by atoms with E-state index >= 15 is 0 Å². The molecule has 0 aromatic heterocycles. The molecule has 3 aromatic rings. The quantitative estimate of drug-likeness (QED) is 0.572. The minimum atomic E-state index is -0.441. The van der Waals surface area contributed by atoms with E-state index in [-0.39, 0.29) is 5.92 Å². The van der Waals surface area contributed by atoms with Gasteiger partial charge in [0.05, 0.1) is 14.2 Å². The van der Waals surface area contributed by atoms with E-state index in [4.69, 9.17) is 14.2 Å². The average Bonchev–Trinajstić information content (AvgIpc) is 3.14. The summed E-state index contributed by atoms with van der Waals surface area (Å²) in [7, 11) is 3.20. The molecule has 1 N–H and O–H groups in total. The van der Waals surface area contributed by atoms with Crippen molar-refractivity contribution in [3.05, 3.63) is 89.5 Å². The highest BCUT2D eigenvalue weighted by atomic mass is 16.5. The van der Waals surface area contributed by atoms with Crippen LogP contribution in [-0.4, -0.2) is 33.5 Å². The maximum atomic E-state index is 12.2. The van der Waals surface area contributed by atoms with Crippen LogP contribution in [0.4, 0.5) is 4.79 Å². The van der Waals surface area contributed by atoms with Gasteiger partial charge in [-0.05, 0) is 28.3 Å². The van der Waals surface area contributed by atoms with Crippen molar-refractivity contribution in [3.8, 4) is 22.6 Å². The van der Waals surface area contributed by atoms with E-state index in [2.05, 4.69) is 29.6 Å². The molecule has 31 heavy (non-hydrogen) atoms. The average molecular weight is 415 g/mol. The van der Waals surface area contributed by atoms with E-state index in [1.165, 1.54) is 22.3 Å². The summed E-state index contributed by atoms with van der Waals surface area (Å²) in [6, 6.07) is 22.2. The maximum Gasteiger partial charge on any atom is 0.407 e. The number of para-hydroxylation sites is 1. The van der Waals surface area contributed by atoms with Gasteiger partial charge in [-0.2, -0.15) is 0 Å². The molecule has 0 fully saturated rings. The second kappa shape index (κ2) is 9.39. The highest BCUT2D eigenvalue weighted by Crippen LogP contribution is 2.44. The zero-order chi connectivity index (χ0) is 21.6. The van der Waals surface area contributed by atoms with Crippen molar-refractivity contribution in [2.75, 3.05) is 27.4 Å². The normalized spacial score (nSPS) is 12.3. The molecule has 1 aliphatic carbocycles. The summed E-state index contributed by atoms with van der Waals surface area (Å²) < 4.78 is 16.3. The van der Waals surface area contributed by atoms with Crippen molar-refractivity contribution in [2.45, 2.75) is 5.92 Å². The second-order valence-electron chi connectivity index (χ2n) is 7.19. The smallest absolute Gasteiger partial charge is 0.407 e. The number of fused-ring (bicyclic) bond motifs is 3. The Balaban J connectivity index is 1.34. The lowest BCUT2D eigenvalue weighted by atomic mass is 9.98. The fraction of sp³-hybridized carbons (Fsp3) is 0.192. The van der Waals surface area contributed by atoms with Crippen molar-refractivity contribution in [1.29, 1.82) is 0 Å². The van der Waals surface area contributed by atoms with Crippen LogP contribution in [0, 0.1) is 0 Å². The van der Waals surface area contributed by atoms with Crippen molar-refractivity contribution in [1.82, 2.24) is 5.32 Å². The Morgan fingerprint density at radius 3 is 2.23 bits per heavy atom. The Labute approximate surface area is 182 Å². The van der Waals surface area contributed by atoms with Crippen LogP contribution in [0.1, 0.15) is 22.6 Å². The van der Waals surface area contributed by atoms with Crippen molar-refractivity contribution in [2.24, 2.45) is 0 Å². The molecule has 0 atom stereocenters. The summed E-state index contributed by atoms with van der Waals surface area (Å²) in [5.41, 5.74) is 5.68. The number of benzene rings is 3. The van der Waals surface area contributed by atoms with E-state index in [9.17, 15) is 4.79 Å². The van der Waals surface area contributed by atoms with Gasteiger partial charge in [0.15, 0.2) is 11.5 Å². The lowest BCUT2D eigenvalue weighted by Gasteiger charge is -2.14. The van der Waals surface area contributed by atoms with Gasteiger partial charge in [0.2, 0.25) is 0 Å². The van der Waals surface area contributed by atoms with Crippen molar-refractivity contribution in [3.63, 3.8) is 0 Å². The van der Waals surface area contributed by atoms with Gasteiger partial charge in [-0.1, -0.05) is 72.8 Å². The number of alkyl carbamates (subject to hydrolysis) is 1. The Morgan fingerprint density at radius 2 is 1.58 bits per heavy atom. The standard InChI is InChI=1S/C26H25NO4/c1-29-24-15-7-9-18(25(24)30-2)10-8-16-27-26(28)31-17-23-21-13-5-3-11-19(21)20-12-4-6-14-22(20)23/h3-15,23H,16-17H2,1-2H3,(H,27,28). The first kappa shape index (κ1) is 20.5. The van der Waals surface area contributed by atoms with E-state index in [0.717, 1.165) is 5.56 Å². The number of hydrogen-bond donors (Lipinski definition) is 1. The van der Waals surface area contributed by atoms with E-state index < -0.39 is 6.09 Å². The van der Waals surface area contributed by atoms with E-state index in [0.29, 0.717) is 24.7 Å². The van der Waals surface area contributed by atoms with Gasteiger partial charge in [-0.3, -0.25) is 0 Å². The topological polar surface area (TPSA) is 56.8 Å². The minimum absolute atomic E-state index is 0.0507. The molecule has 4 rings (SSSR count). The number of ether oxygens (including phenoxy) is 3. The van der Waals surface area contributed by atoms with Gasteiger partial charge in [0.25, 0.3) is 0 Å². The third-order valence-electron chi connectivity index (χ3n) is 5.44. The van der Waals surface area contributed by atoms with E-state index in [1.54, 1.807) is 14.2 Å². The molecule has 0 saturated carbocycles. The zero-order valence-electron chi connectivity index (χ0n) is 17.6. The molecule has 5 nitrogen and oxygen atoms in total. The van der Waals surface area contributed by atoms with Crippen molar-refractivity contribution < 1.29 is 19.0 Å². The molecule has 3 aromatic carbocycles. The molecule has 0 radical (unpaired) electrons. The van der Waals surface area contributed by atoms with E-state index in [1.807, 2.05) is 54.6 Å². The Bertz CT molecular complexity index is 1060. The molecule has 5 heteroatoms. The number of amides is 1. The third-order valence-corrected chi connectivity index (χ3v) is 5.44. The van der Waals surface area contributed by atoms with Crippen LogP contribution in [-0.2, 0) is 4.74 Å². The summed E-state index contributed by atoms with van der Waals surface area (Å²) >= 11 is 0. The number of carbonyl (C=O) groups excluding carboxylic acids is 1. The molecule has 1 amide bonds. The number of carbonyl (C=O) groups is 1. The highest BCUT2D eigenvalue weighted by molar-refractivity contribution is 5.79. The molecule has 0 bridgehead atoms. The van der Waals surface area contributed by atoms with Gasteiger partial charge in [0, 0.05) is 18.0 Å². The molecule has 0 aliphatic heterocycles. The van der Waals surface area contributed by atoms with Crippen LogP contribution in [0.3, 0.4) is 0 Å². The van der Waals surface area contributed by atoms with Crippen molar-refractivity contribution >= 4 is 12.2 Å². The van der Waals surface area contributed by atoms with Crippen LogP contribution < -0.4 is 14.8 Å². The number of nitrogens with one attached hydrogen (secondary N) is 1. The van der Waals surface area contributed by atoms with Crippen LogP contribution in [0.2, 0.25) is 0 Å². The molecule has 1 aliphatic rings. The summed E-state index contributed by atoms with van der Waals surface area (Å²) in [6.07, 6.45) is 3.29. The summed E-state index contributed by atoms with van der Waals surface area (Å²) in [5, 5.41) is 2.77. The second-order valence-corrected chi connectivity index (χ2v) is 7.19. The number of rotatable bonds is 7. The SMILES string of the molecule is COc1cccc(C=CCNC(=O)OCC2c3ccccc3-c3ccccc32)c1OC. The third kappa shape index (κ3) is 4.26. The van der Waals surface area contributed by atoms with Crippen LogP contribution in [0.5, 0.6) is 11.5 Å². The fourth-order valence-corrected chi connectivity index (χ4v) is 4.02. The molecule has 0 saturated heterocycles. The first-order valence-corrected chi connectivity index (χ1v) is 10.2. The van der Waals surface area contributed by atoms with Gasteiger partial charge < -0.3 is 19.5 Å². The molecular weight excluding hydrogens is 390 g/mol. The molecule has 0 spiro atoms. The lowest BCUT2D eigenvalue weighted by Crippen LogP contribution is -2.26. The summed E-state index contributed by atoms with van der Waals surface area (Å²) in [4.78, 5) is 12.2. The zero-order valence-corrected chi connectivity index (χ0v) is 17.6. The van der Waals surface area contributed by atoms with Crippen LogP contribution >= 0.6 is 0 Å². The molecule has 158 valence electrons. The maximum absolute atomic E-state index is 12.2. The van der Waals surface area contributed by atoms with Crippen LogP contribution in [0.15, 0.2) is 72.8 Å². The molecule has 0 heterocycles. The van der Waals surface area contributed by atoms with Gasteiger partial charge in [-0.15, -0.1) is 0 Å². The summed E-state index contributed by atoms with van der Waals surface area (Å²) in [5.74, 6) is 1.37. The minimum Gasteiger partial charge on any atom is -0.493 e. The fourth-order valence-electron chi connectivity index (χ4n) is 4.02. The summed E-state index contributed by atoms with van der Waals surface area (Å²) in [6.45, 7) is 0.643. The predicted octanol–water partition coefficient (Wildman–Crippen LogP) is 5.26. The Kier molecular flexibility index (Phi) is 6.22. The molecule has 0 unspecified atom stereocenters. The first-order chi connectivity index (χ1) is 15.2. The lowest BCUT2D eigenvalue weighted by molar-refractivity contribution is 0.144. The Hall–Kier alpha value is -3.73. The van der Waals surface area contributed by atoms with Gasteiger partial charge >= 0.3 is 6.09 Å². The molecular formula is C26H25NO4. The number of methoxy groups -OCH3 is 2. The van der Waals surface area contributed by atoms with Gasteiger partial charge in [-0.25, -0.2) is 4.79 Å². The monoisotopic (exact) mass is 415 g/mol. The predicted molar refractivity (Wildman–Crippen MR) is 122 cm³/mol. The Morgan fingerprint density at radius 1 is 0.903 bits per heavy atom. The van der Waals surface area contributed by atoms with Crippen LogP contribution in [0.25, 0.3) is 17.2 Å². The highest BCUT2D eigenvalue weighted by Gasteiger charge is 2.28. The number of hydrogen-bond acceptors (Lipinski definition) is 4. The largest absolute Gasteiger partial charge is 0.493 e.